The molecule has 0 fully saturated rings. The van der Waals surface area contributed by atoms with Gasteiger partial charge in [-0.2, -0.15) is 0 Å². The first-order valence-corrected chi connectivity index (χ1v) is 9.83. The van der Waals surface area contributed by atoms with Crippen molar-refractivity contribution in [2.75, 3.05) is 11.1 Å². The van der Waals surface area contributed by atoms with Gasteiger partial charge in [-0.3, -0.25) is 4.79 Å². The van der Waals surface area contributed by atoms with Crippen molar-refractivity contribution in [1.82, 2.24) is 4.98 Å². The Bertz CT molecular complexity index is 1110. The van der Waals surface area contributed by atoms with Crippen LogP contribution in [0.2, 0.25) is 0 Å². The number of hydrogen-bond acceptors (Lipinski definition) is 4. The molecule has 0 bridgehead atoms. The van der Waals surface area contributed by atoms with Crippen molar-refractivity contribution < 1.29 is 18.3 Å². The number of carbonyl (C=O) groups excluding carboxylic acids is 1. The average Bonchev–Trinajstić information content (AvgIpc) is 3.01. The van der Waals surface area contributed by atoms with E-state index in [9.17, 15) is 18.3 Å². The first-order chi connectivity index (χ1) is 12.2. The third-order valence-electron chi connectivity index (χ3n) is 4.29. The van der Waals surface area contributed by atoms with E-state index in [1.165, 1.54) is 25.1 Å². The molecule has 0 aliphatic rings. The lowest BCUT2D eigenvalue weighted by atomic mass is 10.1. The minimum atomic E-state index is -3.44. The van der Waals surface area contributed by atoms with Gasteiger partial charge < -0.3 is 15.4 Å². The van der Waals surface area contributed by atoms with E-state index >= 15 is 0 Å². The van der Waals surface area contributed by atoms with Gasteiger partial charge in [0, 0.05) is 10.9 Å². The van der Waals surface area contributed by atoms with E-state index in [0.717, 1.165) is 22.0 Å². The lowest BCUT2D eigenvalue weighted by Crippen LogP contribution is -2.13. The average molecular weight is 372 g/mol. The number of nitrogens with one attached hydrogen (secondary N) is 2. The molecule has 3 rings (SSSR count). The number of aryl methyl sites for hydroxylation is 2. The summed E-state index contributed by atoms with van der Waals surface area (Å²) in [4.78, 5) is 15.7. The molecule has 0 spiro atoms. The summed E-state index contributed by atoms with van der Waals surface area (Å²) in [6.07, 6.45) is 0. The van der Waals surface area contributed by atoms with Crippen molar-refractivity contribution in [3.05, 3.63) is 53.2 Å². The summed E-state index contributed by atoms with van der Waals surface area (Å²) in [6, 6.07) is 9.57. The SMILES string of the molecule is CCS(=O)(=O)c1ccc(O)c(NC(=O)c2cc3c(C)cc(C)cc3[nH]2)c1. The number of phenols is 1. The van der Waals surface area contributed by atoms with E-state index in [1.54, 1.807) is 6.07 Å². The Hall–Kier alpha value is -2.80. The van der Waals surface area contributed by atoms with E-state index in [-0.39, 0.29) is 22.1 Å². The number of rotatable bonds is 4. The molecule has 7 heteroatoms. The zero-order chi connectivity index (χ0) is 19.1. The van der Waals surface area contributed by atoms with Crippen LogP contribution in [0, 0.1) is 13.8 Å². The number of amides is 1. The molecule has 26 heavy (non-hydrogen) atoms. The first kappa shape index (κ1) is 18.0. The number of benzene rings is 2. The van der Waals surface area contributed by atoms with Gasteiger partial charge in [-0.05, 0) is 55.3 Å². The van der Waals surface area contributed by atoms with Gasteiger partial charge in [-0.25, -0.2) is 8.42 Å². The van der Waals surface area contributed by atoms with Crippen molar-refractivity contribution >= 4 is 32.3 Å². The molecule has 6 nitrogen and oxygen atoms in total. The van der Waals surface area contributed by atoms with Crippen molar-refractivity contribution in [1.29, 1.82) is 0 Å². The predicted octanol–water partition coefficient (Wildman–Crippen LogP) is 3.54. The number of phenolic OH excluding ortho intramolecular Hbond substituents is 1. The van der Waals surface area contributed by atoms with Crippen molar-refractivity contribution in [2.24, 2.45) is 0 Å². The molecular weight excluding hydrogens is 352 g/mol. The molecule has 0 unspecified atom stereocenters. The zero-order valence-corrected chi connectivity index (χ0v) is 15.6. The lowest BCUT2D eigenvalue weighted by molar-refractivity contribution is 0.102. The molecule has 1 aromatic heterocycles. The van der Waals surface area contributed by atoms with Gasteiger partial charge >= 0.3 is 0 Å². The summed E-state index contributed by atoms with van der Waals surface area (Å²) in [5.74, 6) is -0.720. The fourth-order valence-corrected chi connectivity index (χ4v) is 3.79. The van der Waals surface area contributed by atoms with E-state index < -0.39 is 15.7 Å². The molecule has 0 atom stereocenters. The summed E-state index contributed by atoms with van der Waals surface area (Å²) in [7, 11) is -3.44. The van der Waals surface area contributed by atoms with Gasteiger partial charge in [0.25, 0.3) is 5.91 Å². The fraction of sp³-hybridized carbons (Fsp3) is 0.211. The van der Waals surface area contributed by atoms with Crippen molar-refractivity contribution in [3.63, 3.8) is 0 Å². The quantitative estimate of drug-likeness (QED) is 0.610. The Balaban J connectivity index is 1.95. The second kappa shape index (κ2) is 6.49. The predicted molar refractivity (Wildman–Crippen MR) is 102 cm³/mol. The highest BCUT2D eigenvalue weighted by atomic mass is 32.2. The van der Waals surface area contributed by atoms with E-state index in [0.29, 0.717) is 5.69 Å². The highest BCUT2D eigenvalue weighted by molar-refractivity contribution is 7.91. The monoisotopic (exact) mass is 372 g/mol. The molecule has 0 aliphatic carbocycles. The van der Waals surface area contributed by atoms with Gasteiger partial charge in [-0.15, -0.1) is 0 Å². The van der Waals surface area contributed by atoms with Gasteiger partial charge in [0.15, 0.2) is 9.84 Å². The minimum Gasteiger partial charge on any atom is -0.506 e. The summed E-state index contributed by atoms with van der Waals surface area (Å²) in [6.45, 7) is 5.48. The smallest absolute Gasteiger partial charge is 0.272 e. The molecule has 1 amide bonds. The highest BCUT2D eigenvalue weighted by Crippen LogP contribution is 2.28. The fourth-order valence-electron chi connectivity index (χ4n) is 2.89. The largest absolute Gasteiger partial charge is 0.506 e. The molecule has 0 saturated heterocycles. The number of aromatic hydroxyl groups is 1. The van der Waals surface area contributed by atoms with Crippen LogP contribution in [0.25, 0.3) is 10.9 Å². The number of aromatic amines is 1. The number of anilines is 1. The Labute approximate surface area is 151 Å². The van der Waals surface area contributed by atoms with Crippen LogP contribution in [0.5, 0.6) is 5.75 Å². The molecule has 0 aliphatic heterocycles. The zero-order valence-electron chi connectivity index (χ0n) is 14.8. The number of carbonyl (C=O) groups is 1. The Morgan fingerprint density at radius 3 is 2.58 bits per heavy atom. The number of sulfone groups is 1. The number of H-pyrrole nitrogens is 1. The van der Waals surface area contributed by atoms with Gasteiger partial charge in [-0.1, -0.05) is 13.0 Å². The van der Waals surface area contributed by atoms with Crippen LogP contribution >= 0.6 is 0 Å². The minimum absolute atomic E-state index is 0.0519. The van der Waals surface area contributed by atoms with Gasteiger partial charge in [0.2, 0.25) is 0 Å². The van der Waals surface area contributed by atoms with E-state index in [4.69, 9.17) is 0 Å². The maximum atomic E-state index is 12.6. The van der Waals surface area contributed by atoms with Gasteiger partial charge in [0.05, 0.1) is 16.3 Å². The Kier molecular flexibility index (Phi) is 4.50. The van der Waals surface area contributed by atoms with Crippen LogP contribution < -0.4 is 5.32 Å². The van der Waals surface area contributed by atoms with E-state index in [1.807, 2.05) is 26.0 Å². The van der Waals surface area contributed by atoms with Crippen LogP contribution in [0.15, 0.2) is 41.3 Å². The molecule has 136 valence electrons. The Morgan fingerprint density at radius 2 is 1.88 bits per heavy atom. The molecular formula is C19H20N2O4S. The normalized spacial score (nSPS) is 11.7. The molecule has 0 radical (unpaired) electrons. The van der Waals surface area contributed by atoms with Crippen LogP contribution in [0.4, 0.5) is 5.69 Å². The van der Waals surface area contributed by atoms with Gasteiger partial charge in [0.1, 0.15) is 11.4 Å². The summed E-state index contributed by atoms with van der Waals surface area (Å²) in [5, 5.41) is 13.5. The second-order valence-electron chi connectivity index (χ2n) is 6.26. The van der Waals surface area contributed by atoms with Crippen LogP contribution in [0.1, 0.15) is 28.5 Å². The summed E-state index contributed by atoms with van der Waals surface area (Å²) in [5.41, 5.74) is 3.36. The third-order valence-corrected chi connectivity index (χ3v) is 6.02. The van der Waals surface area contributed by atoms with E-state index in [2.05, 4.69) is 10.3 Å². The maximum Gasteiger partial charge on any atom is 0.272 e. The molecule has 3 aromatic rings. The third kappa shape index (κ3) is 3.30. The maximum absolute atomic E-state index is 12.6. The standard InChI is InChI=1S/C19H20N2O4S/c1-4-26(24,25)13-5-6-18(22)16(9-13)21-19(23)17-10-14-12(3)7-11(2)8-15(14)20-17/h5-10,20,22H,4H2,1-3H3,(H,21,23). The highest BCUT2D eigenvalue weighted by Gasteiger charge is 2.17. The van der Waals surface area contributed by atoms with Crippen molar-refractivity contribution in [2.45, 2.75) is 25.7 Å². The Morgan fingerprint density at radius 1 is 1.15 bits per heavy atom. The van der Waals surface area contributed by atoms with Crippen LogP contribution in [-0.4, -0.2) is 30.2 Å². The second-order valence-corrected chi connectivity index (χ2v) is 8.54. The first-order valence-electron chi connectivity index (χ1n) is 8.18. The summed E-state index contributed by atoms with van der Waals surface area (Å²) >= 11 is 0. The topological polar surface area (TPSA) is 99.3 Å². The molecule has 0 saturated carbocycles. The number of aromatic nitrogens is 1. The number of hydrogen-bond donors (Lipinski definition) is 3. The van der Waals surface area contributed by atoms with Crippen molar-refractivity contribution in [3.8, 4) is 5.75 Å². The molecule has 2 aromatic carbocycles. The van der Waals surface area contributed by atoms with Crippen LogP contribution in [-0.2, 0) is 9.84 Å². The molecule has 3 N–H and O–H groups in total. The summed E-state index contributed by atoms with van der Waals surface area (Å²) < 4.78 is 24.0. The lowest BCUT2D eigenvalue weighted by Gasteiger charge is -2.09. The number of fused-ring (bicyclic) bond motifs is 1. The molecule has 1 heterocycles. The van der Waals surface area contributed by atoms with Crippen LogP contribution in [0.3, 0.4) is 0 Å².